The van der Waals surface area contributed by atoms with E-state index in [2.05, 4.69) is 15.9 Å². The molecule has 0 fully saturated rings. The van der Waals surface area contributed by atoms with Crippen LogP contribution in [0.3, 0.4) is 0 Å². The van der Waals surface area contributed by atoms with Crippen molar-refractivity contribution in [1.82, 2.24) is 0 Å². The van der Waals surface area contributed by atoms with Crippen molar-refractivity contribution in [3.8, 4) is 5.95 Å². The third kappa shape index (κ3) is 0.865. The van der Waals surface area contributed by atoms with E-state index >= 15 is 0 Å². The van der Waals surface area contributed by atoms with Gasteiger partial charge in [0, 0.05) is 0 Å². The zero-order chi connectivity index (χ0) is 5.98. The predicted octanol–water partition coefficient (Wildman–Crippen LogP) is 2.05. The predicted molar refractivity (Wildman–Crippen MR) is 33.0 cm³/mol. The Hall–Kier alpha value is -0.440. The van der Waals surface area contributed by atoms with E-state index in [0.717, 1.165) is 4.47 Å². The molecule has 0 N–H and O–H groups in total. The van der Waals surface area contributed by atoms with Crippen molar-refractivity contribution in [3.63, 3.8) is 0 Å². The van der Waals surface area contributed by atoms with Gasteiger partial charge in [0.25, 0.3) is 5.95 Å². The summed E-state index contributed by atoms with van der Waals surface area (Å²) in [6.45, 7) is 0. The number of methoxy groups -OCH3 is 1. The van der Waals surface area contributed by atoms with Gasteiger partial charge in [0.1, 0.15) is 4.47 Å². The van der Waals surface area contributed by atoms with Crippen molar-refractivity contribution in [3.05, 3.63) is 16.8 Å². The minimum Gasteiger partial charge on any atom is -0.468 e. The summed E-state index contributed by atoms with van der Waals surface area (Å²) >= 11 is 3.21. The van der Waals surface area contributed by atoms with E-state index in [1.807, 2.05) is 0 Å². The Labute approximate surface area is 55.6 Å². The fraction of sp³-hybridized carbons (Fsp3) is 0.200. The van der Waals surface area contributed by atoms with Gasteiger partial charge in [-0.3, -0.25) is 0 Å². The molecule has 8 heavy (non-hydrogen) atoms. The minimum absolute atomic E-state index is 0.519. The third-order valence-corrected chi connectivity index (χ3v) is 1.36. The second kappa shape index (κ2) is 2.22. The van der Waals surface area contributed by atoms with Gasteiger partial charge >= 0.3 is 0 Å². The number of rotatable bonds is 1. The fourth-order valence-corrected chi connectivity index (χ4v) is 0.789. The van der Waals surface area contributed by atoms with Crippen LogP contribution in [-0.4, -0.2) is 7.11 Å². The molecule has 0 radical (unpaired) electrons. The maximum atomic E-state index is 4.84. The van der Waals surface area contributed by atoms with E-state index < -0.39 is 0 Å². The second-order valence-corrected chi connectivity index (χ2v) is 2.11. The van der Waals surface area contributed by atoms with Gasteiger partial charge in [-0.2, -0.15) is 0 Å². The maximum absolute atomic E-state index is 4.84. The van der Waals surface area contributed by atoms with Crippen LogP contribution in [0.4, 0.5) is 0 Å². The van der Waals surface area contributed by atoms with Gasteiger partial charge in [-0.15, -0.1) is 0 Å². The number of halogens is 1. The van der Waals surface area contributed by atoms with Crippen molar-refractivity contribution in [2.75, 3.05) is 7.11 Å². The molecule has 3 heteroatoms. The molecule has 1 rings (SSSR count). The first-order chi connectivity index (χ1) is 3.84. The molecular weight excluding hydrogens is 172 g/mol. The van der Waals surface area contributed by atoms with Crippen molar-refractivity contribution in [2.24, 2.45) is 0 Å². The molecule has 0 spiro atoms. The van der Waals surface area contributed by atoms with Crippen molar-refractivity contribution < 1.29 is 9.15 Å². The largest absolute Gasteiger partial charge is 0.468 e. The topological polar surface area (TPSA) is 22.4 Å². The first kappa shape index (κ1) is 5.69. The summed E-state index contributed by atoms with van der Waals surface area (Å²) < 4.78 is 10.5. The van der Waals surface area contributed by atoms with Crippen LogP contribution in [0, 0.1) is 0 Å². The molecule has 44 valence electrons. The lowest BCUT2D eigenvalue weighted by Crippen LogP contribution is -1.77. The van der Waals surface area contributed by atoms with Gasteiger partial charge in [0.05, 0.1) is 13.4 Å². The Bertz CT molecular complexity index is 171. The highest BCUT2D eigenvalue weighted by Crippen LogP contribution is 2.24. The van der Waals surface area contributed by atoms with Crippen LogP contribution in [0.25, 0.3) is 0 Å². The van der Waals surface area contributed by atoms with Crippen LogP contribution >= 0.6 is 15.9 Å². The van der Waals surface area contributed by atoms with Crippen LogP contribution in [0.1, 0.15) is 0 Å². The maximum Gasteiger partial charge on any atom is 0.298 e. The summed E-state index contributed by atoms with van der Waals surface area (Å²) in [4.78, 5) is 0. The lowest BCUT2D eigenvalue weighted by molar-refractivity contribution is 0.302. The third-order valence-electron chi connectivity index (χ3n) is 0.770. The van der Waals surface area contributed by atoms with Gasteiger partial charge in [0.2, 0.25) is 0 Å². The number of furan rings is 1. The van der Waals surface area contributed by atoms with Crippen molar-refractivity contribution >= 4 is 15.9 Å². The summed E-state index contributed by atoms with van der Waals surface area (Å²) in [5, 5.41) is 0. The highest BCUT2D eigenvalue weighted by atomic mass is 79.9. The zero-order valence-corrected chi connectivity index (χ0v) is 5.94. The van der Waals surface area contributed by atoms with Gasteiger partial charge in [-0.1, -0.05) is 0 Å². The highest BCUT2D eigenvalue weighted by Gasteiger charge is 1.98. The van der Waals surface area contributed by atoms with E-state index in [-0.39, 0.29) is 0 Å². The molecule has 0 aromatic carbocycles. The van der Waals surface area contributed by atoms with Crippen LogP contribution < -0.4 is 4.74 Å². The Morgan fingerprint density at radius 2 is 2.50 bits per heavy atom. The molecular formula is C5H5BrO2. The Morgan fingerprint density at radius 1 is 1.75 bits per heavy atom. The summed E-state index contributed by atoms with van der Waals surface area (Å²) in [6, 6.07) is 1.78. The average molecular weight is 177 g/mol. The number of ether oxygens (including phenoxy) is 1. The lowest BCUT2D eigenvalue weighted by Gasteiger charge is -1.89. The fourth-order valence-electron chi connectivity index (χ4n) is 0.426. The normalized spacial score (nSPS) is 9.25. The molecule has 0 saturated heterocycles. The smallest absolute Gasteiger partial charge is 0.298 e. The quantitative estimate of drug-likeness (QED) is 0.654. The van der Waals surface area contributed by atoms with Crippen LogP contribution in [0.15, 0.2) is 21.2 Å². The van der Waals surface area contributed by atoms with Crippen LogP contribution in [0.5, 0.6) is 5.95 Å². The SMILES string of the molecule is COc1occc1Br. The lowest BCUT2D eigenvalue weighted by atomic mass is 10.6. The number of hydrogen-bond donors (Lipinski definition) is 0. The van der Waals surface area contributed by atoms with E-state index in [1.54, 1.807) is 19.4 Å². The van der Waals surface area contributed by atoms with Gasteiger partial charge in [-0.05, 0) is 22.0 Å². The van der Waals surface area contributed by atoms with Crippen molar-refractivity contribution in [2.45, 2.75) is 0 Å². The summed E-state index contributed by atoms with van der Waals surface area (Å²) in [6.07, 6.45) is 1.56. The zero-order valence-electron chi connectivity index (χ0n) is 4.35. The van der Waals surface area contributed by atoms with Gasteiger partial charge < -0.3 is 9.15 Å². The Kier molecular flexibility index (Phi) is 1.58. The minimum atomic E-state index is 0.519. The molecule has 0 unspecified atom stereocenters. The summed E-state index contributed by atoms with van der Waals surface area (Å²) in [7, 11) is 1.56. The Balaban J connectivity index is 2.92. The average Bonchev–Trinajstić information content (AvgIpc) is 2.14. The van der Waals surface area contributed by atoms with E-state index in [4.69, 9.17) is 9.15 Å². The monoisotopic (exact) mass is 176 g/mol. The summed E-state index contributed by atoms with van der Waals surface area (Å²) in [5.74, 6) is 0.519. The molecule has 0 amide bonds. The molecule has 2 nitrogen and oxygen atoms in total. The molecule has 0 bridgehead atoms. The van der Waals surface area contributed by atoms with E-state index in [0.29, 0.717) is 5.95 Å². The molecule has 0 aliphatic heterocycles. The Morgan fingerprint density at radius 3 is 2.75 bits per heavy atom. The van der Waals surface area contributed by atoms with E-state index in [1.165, 1.54) is 0 Å². The molecule has 0 atom stereocenters. The van der Waals surface area contributed by atoms with Crippen LogP contribution in [-0.2, 0) is 0 Å². The highest BCUT2D eigenvalue weighted by molar-refractivity contribution is 9.10. The molecule has 0 aliphatic rings. The van der Waals surface area contributed by atoms with Gasteiger partial charge in [0.15, 0.2) is 0 Å². The second-order valence-electron chi connectivity index (χ2n) is 1.26. The van der Waals surface area contributed by atoms with Crippen molar-refractivity contribution in [1.29, 1.82) is 0 Å². The molecule has 0 aliphatic carbocycles. The van der Waals surface area contributed by atoms with E-state index in [9.17, 15) is 0 Å². The molecule has 1 aromatic rings. The summed E-state index contributed by atoms with van der Waals surface area (Å²) in [5.41, 5.74) is 0. The number of hydrogen-bond acceptors (Lipinski definition) is 2. The van der Waals surface area contributed by atoms with Gasteiger partial charge in [-0.25, -0.2) is 0 Å². The molecule has 1 aromatic heterocycles. The standard InChI is InChI=1S/C5H5BrO2/c1-7-5-4(6)2-3-8-5/h2-3H,1H3. The molecule has 1 heterocycles. The van der Waals surface area contributed by atoms with Crippen LogP contribution in [0.2, 0.25) is 0 Å². The molecule has 0 saturated carbocycles. The first-order valence-electron chi connectivity index (χ1n) is 2.11. The first-order valence-corrected chi connectivity index (χ1v) is 2.91.